The molecule has 0 unspecified atom stereocenters. The molecule has 1 aromatic heterocycles. The summed E-state index contributed by atoms with van der Waals surface area (Å²) in [5.41, 5.74) is 0.517. The van der Waals surface area contributed by atoms with Crippen molar-refractivity contribution in [2.75, 3.05) is 23.7 Å². The number of H-pyrrole nitrogens is 1. The zero-order valence-electron chi connectivity index (χ0n) is 16.1. The van der Waals surface area contributed by atoms with E-state index in [-0.39, 0.29) is 24.3 Å². The predicted molar refractivity (Wildman–Crippen MR) is 113 cm³/mol. The third-order valence-corrected chi connectivity index (χ3v) is 4.60. The van der Waals surface area contributed by atoms with Gasteiger partial charge in [-0.25, -0.2) is 4.79 Å². The highest BCUT2D eigenvalue weighted by Crippen LogP contribution is 2.17. The molecule has 31 heavy (non-hydrogen) atoms. The van der Waals surface area contributed by atoms with Crippen molar-refractivity contribution in [3.63, 3.8) is 0 Å². The van der Waals surface area contributed by atoms with Gasteiger partial charge in [-0.3, -0.25) is 24.5 Å². The molecule has 0 spiro atoms. The summed E-state index contributed by atoms with van der Waals surface area (Å²) in [6.07, 6.45) is 0. The summed E-state index contributed by atoms with van der Waals surface area (Å²) in [5, 5.41) is 8.50. The third-order valence-electron chi connectivity index (χ3n) is 4.60. The van der Waals surface area contributed by atoms with Crippen LogP contribution in [0, 0.1) is 0 Å². The first-order valence-corrected chi connectivity index (χ1v) is 9.31. The Balaban J connectivity index is 1.44. The number of aromatic amines is 1. The highest BCUT2D eigenvalue weighted by atomic mass is 16.2. The van der Waals surface area contributed by atoms with Crippen LogP contribution < -0.4 is 21.5 Å². The van der Waals surface area contributed by atoms with Crippen molar-refractivity contribution >= 4 is 45.9 Å². The van der Waals surface area contributed by atoms with Crippen LogP contribution in [-0.2, 0) is 9.59 Å². The monoisotopic (exact) mass is 419 g/mol. The molecule has 1 saturated heterocycles. The largest absolute Gasteiger partial charge is 0.325 e. The number of nitrogens with one attached hydrogen (secondary N) is 4. The number of hydrogen-bond donors (Lipinski definition) is 4. The van der Waals surface area contributed by atoms with E-state index in [1.165, 1.54) is 6.07 Å². The first-order chi connectivity index (χ1) is 14.9. The Hall–Kier alpha value is -4.47. The summed E-state index contributed by atoms with van der Waals surface area (Å²) in [6, 6.07) is 14.3. The second-order valence-electron chi connectivity index (χ2n) is 6.89. The molecular weight excluding hydrogens is 402 g/mol. The summed E-state index contributed by atoms with van der Waals surface area (Å²) in [6.45, 7) is -0.460. The summed E-state index contributed by atoms with van der Waals surface area (Å²) >= 11 is 0. The van der Waals surface area contributed by atoms with Crippen molar-refractivity contribution < 1.29 is 19.2 Å². The second kappa shape index (κ2) is 8.11. The molecule has 3 aromatic rings. The number of amides is 5. The molecule has 2 aromatic carbocycles. The average molecular weight is 419 g/mol. The Bertz CT molecular complexity index is 1280. The van der Waals surface area contributed by atoms with Crippen LogP contribution in [0.5, 0.6) is 0 Å². The molecule has 1 aliphatic heterocycles. The van der Waals surface area contributed by atoms with Gasteiger partial charge in [0.15, 0.2) is 0 Å². The fraction of sp³-hybridized carbons (Fsp3) is 0.0952. The van der Waals surface area contributed by atoms with Crippen LogP contribution in [-0.4, -0.2) is 46.7 Å². The van der Waals surface area contributed by atoms with Gasteiger partial charge in [-0.1, -0.05) is 24.3 Å². The summed E-state index contributed by atoms with van der Waals surface area (Å²) in [4.78, 5) is 63.3. The number of carbonyl (C=O) groups is 4. The number of anilines is 2. The van der Waals surface area contributed by atoms with Crippen molar-refractivity contribution in [1.82, 2.24) is 15.2 Å². The number of urea groups is 1. The smallest absolute Gasteiger partial charge is 0.324 e. The van der Waals surface area contributed by atoms with E-state index in [1.807, 2.05) is 0 Å². The van der Waals surface area contributed by atoms with Crippen LogP contribution in [0.2, 0.25) is 0 Å². The van der Waals surface area contributed by atoms with E-state index in [9.17, 15) is 24.0 Å². The van der Waals surface area contributed by atoms with E-state index in [0.717, 1.165) is 4.90 Å². The molecule has 0 atom stereocenters. The minimum Gasteiger partial charge on any atom is -0.324 e. The van der Waals surface area contributed by atoms with E-state index in [2.05, 4.69) is 20.9 Å². The molecular formula is C21H17N5O5. The minimum absolute atomic E-state index is 0.0999. The highest BCUT2D eigenvalue weighted by molar-refractivity contribution is 6.06. The van der Waals surface area contributed by atoms with Crippen molar-refractivity contribution in [2.45, 2.75) is 0 Å². The Morgan fingerprint density at radius 2 is 1.68 bits per heavy atom. The van der Waals surface area contributed by atoms with Gasteiger partial charge in [-0.05, 0) is 35.7 Å². The van der Waals surface area contributed by atoms with Crippen LogP contribution in [0.25, 0.3) is 10.8 Å². The first-order valence-electron chi connectivity index (χ1n) is 9.31. The second-order valence-corrected chi connectivity index (χ2v) is 6.89. The maximum Gasteiger partial charge on any atom is 0.325 e. The van der Waals surface area contributed by atoms with Gasteiger partial charge in [0, 0.05) is 16.8 Å². The van der Waals surface area contributed by atoms with Crippen molar-refractivity contribution in [2.24, 2.45) is 0 Å². The molecule has 1 fully saturated rings. The number of rotatable bonds is 5. The van der Waals surface area contributed by atoms with Crippen molar-refractivity contribution in [3.05, 3.63) is 70.6 Å². The minimum atomic E-state index is -0.620. The van der Waals surface area contributed by atoms with Gasteiger partial charge in [0.2, 0.25) is 11.8 Å². The number of pyridine rings is 1. The number of fused-ring (bicyclic) bond motifs is 1. The van der Waals surface area contributed by atoms with Gasteiger partial charge in [-0.15, -0.1) is 0 Å². The van der Waals surface area contributed by atoms with E-state index in [4.69, 9.17) is 0 Å². The summed E-state index contributed by atoms with van der Waals surface area (Å²) in [5.74, 6) is -1.47. The normalized spacial score (nSPS) is 13.2. The van der Waals surface area contributed by atoms with Crippen LogP contribution in [0.3, 0.4) is 0 Å². The molecule has 4 rings (SSSR count). The molecule has 0 radical (unpaired) electrons. The zero-order chi connectivity index (χ0) is 22.0. The van der Waals surface area contributed by atoms with Gasteiger partial charge >= 0.3 is 6.03 Å². The van der Waals surface area contributed by atoms with E-state index in [1.54, 1.807) is 48.5 Å². The van der Waals surface area contributed by atoms with E-state index >= 15 is 0 Å². The average Bonchev–Trinajstić information content (AvgIpc) is 3.04. The zero-order valence-corrected chi connectivity index (χ0v) is 16.1. The predicted octanol–water partition coefficient (Wildman–Crippen LogP) is 1.27. The molecule has 0 bridgehead atoms. The number of carbonyl (C=O) groups excluding carboxylic acids is 4. The van der Waals surface area contributed by atoms with Gasteiger partial charge < -0.3 is 20.5 Å². The fourth-order valence-electron chi connectivity index (χ4n) is 3.19. The molecule has 0 aliphatic carbocycles. The Morgan fingerprint density at radius 1 is 0.935 bits per heavy atom. The molecule has 156 valence electrons. The molecule has 10 heteroatoms. The lowest BCUT2D eigenvalue weighted by atomic mass is 10.1. The Morgan fingerprint density at radius 3 is 2.42 bits per heavy atom. The van der Waals surface area contributed by atoms with E-state index in [0.29, 0.717) is 22.1 Å². The van der Waals surface area contributed by atoms with Crippen molar-refractivity contribution in [1.29, 1.82) is 0 Å². The molecule has 4 N–H and O–H groups in total. The lowest BCUT2D eigenvalue weighted by Gasteiger charge is -2.13. The number of hydrogen-bond acceptors (Lipinski definition) is 5. The molecule has 0 saturated carbocycles. The lowest BCUT2D eigenvalue weighted by Crippen LogP contribution is -2.35. The van der Waals surface area contributed by atoms with Gasteiger partial charge in [-0.2, -0.15) is 0 Å². The SMILES string of the molecule is O=C1CN(CC(=O)Nc2cccc(NC(=O)c3cc4ccccc4c(=O)[nH]3)c2)C(=O)N1. The van der Waals surface area contributed by atoms with Gasteiger partial charge in [0.1, 0.15) is 18.8 Å². The Kier molecular flexibility index (Phi) is 5.19. The Labute approximate surface area is 175 Å². The maximum absolute atomic E-state index is 12.6. The summed E-state index contributed by atoms with van der Waals surface area (Å²) in [7, 11) is 0. The molecule has 1 aliphatic rings. The molecule has 10 nitrogen and oxygen atoms in total. The van der Waals surface area contributed by atoms with Crippen LogP contribution >= 0.6 is 0 Å². The maximum atomic E-state index is 12.6. The topological polar surface area (TPSA) is 140 Å². The van der Waals surface area contributed by atoms with Crippen LogP contribution in [0.4, 0.5) is 16.2 Å². The van der Waals surface area contributed by atoms with Gasteiger partial charge in [0.05, 0.1) is 0 Å². The molecule has 5 amide bonds. The van der Waals surface area contributed by atoms with Crippen molar-refractivity contribution in [3.8, 4) is 0 Å². The number of nitrogens with zero attached hydrogens (tertiary/aromatic N) is 1. The first kappa shape index (κ1) is 19.8. The van der Waals surface area contributed by atoms with Crippen LogP contribution in [0.15, 0.2) is 59.4 Å². The lowest BCUT2D eigenvalue weighted by molar-refractivity contribution is -0.119. The quantitative estimate of drug-likeness (QED) is 0.461. The molecule has 2 heterocycles. The summed E-state index contributed by atoms with van der Waals surface area (Å²) < 4.78 is 0. The number of benzene rings is 2. The van der Waals surface area contributed by atoms with Gasteiger partial charge in [0.25, 0.3) is 11.5 Å². The third kappa shape index (κ3) is 4.42. The highest BCUT2D eigenvalue weighted by Gasteiger charge is 2.28. The van der Waals surface area contributed by atoms with E-state index < -0.39 is 23.8 Å². The number of aromatic nitrogens is 1. The van der Waals surface area contributed by atoms with Crippen LogP contribution in [0.1, 0.15) is 10.5 Å². The number of imide groups is 1. The fourth-order valence-corrected chi connectivity index (χ4v) is 3.19. The standard InChI is InChI=1S/C21H17N5O5/c27-17(10-26-11-18(28)25-21(26)31)22-13-5-3-6-14(9-13)23-20(30)16-8-12-4-1-2-7-15(12)19(29)24-16/h1-9H,10-11H2,(H,22,27)(H,23,30)(H,24,29)(H,25,28,31).